The normalized spacial score (nSPS) is 22.4. The number of phenolic OH excluding ortho intramolecular Hbond substituents is 1. The van der Waals surface area contributed by atoms with Crippen LogP contribution in [0.5, 0.6) is 11.5 Å². The van der Waals surface area contributed by atoms with Crippen LogP contribution in [0.2, 0.25) is 0 Å². The Bertz CT molecular complexity index is 1290. The van der Waals surface area contributed by atoms with Crippen molar-refractivity contribution in [1.29, 1.82) is 0 Å². The number of likely N-dealkylation sites (tertiary alicyclic amines) is 1. The van der Waals surface area contributed by atoms with Gasteiger partial charge < -0.3 is 20.1 Å². The predicted octanol–water partition coefficient (Wildman–Crippen LogP) is 4.42. The van der Waals surface area contributed by atoms with Crippen LogP contribution in [0.25, 0.3) is 11.6 Å². The molecule has 1 fully saturated rings. The highest BCUT2D eigenvalue weighted by Crippen LogP contribution is 2.46. The summed E-state index contributed by atoms with van der Waals surface area (Å²) in [5.74, 6) is -1.68. The Balaban J connectivity index is 1.62. The van der Waals surface area contributed by atoms with Gasteiger partial charge in [0.25, 0.3) is 0 Å². The van der Waals surface area contributed by atoms with Crippen molar-refractivity contribution in [3.8, 4) is 11.5 Å². The van der Waals surface area contributed by atoms with Crippen LogP contribution < -0.4 is 4.74 Å². The number of aromatic hydroxyl groups is 1. The van der Waals surface area contributed by atoms with Crippen molar-refractivity contribution in [3.63, 3.8) is 0 Å². The molecule has 8 nitrogen and oxygen atoms in total. The second-order valence-corrected chi connectivity index (χ2v) is 11.3. The van der Waals surface area contributed by atoms with Crippen molar-refractivity contribution in [2.75, 3.05) is 20.3 Å². The van der Waals surface area contributed by atoms with Gasteiger partial charge in [-0.3, -0.25) is 19.5 Å². The van der Waals surface area contributed by atoms with Gasteiger partial charge in [0.2, 0.25) is 11.8 Å². The fraction of sp³-hybridized carbons (Fsp3) is 0.433. The van der Waals surface area contributed by atoms with Gasteiger partial charge in [0.05, 0.1) is 40.9 Å². The number of carbonyl (C=O) groups is 2. The zero-order chi connectivity index (χ0) is 28.3. The molecule has 0 saturated carbocycles. The van der Waals surface area contributed by atoms with Crippen LogP contribution in [0, 0.1) is 21.3 Å². The third-order valence-electron chi connectivity index (χ3n) is 7.72. The van der Waals surface area contributed by atoms with Gasteiger partial charge in [-0.15, -0.1) is 0 Å². The molecule has 0 radical (unpaired) electrons. The Kier molecular flexibility index (Phi) is 9.45. The van der Waals surface area contributed by atoms with Gasteiger partial charge in [0.1, 0.15) is 0 Å². The molecular weight excluding hydrogens is 611 g/mol. The lowest BCUT2D eigenvalue weighted by Gasteiger charge is -2.35. The van der Waals surface area contributed by atoms with E-state index in [0.717, 1.165) is 22.4 Å². The highest BCUT2D eigenvalue weighted by Gasteiger charge is 2.54. The van der Waals surface area contributed by atoms with Crippen molar-refractivity contribution in [3.05, 3.63) is 62.5 Å². The Hall–Kier alpha value is -2.76. The molecule has 4 rings (SSSR count). The maximum absolute atomic E-state index is 13.2. The van der Waals surface area contributed by atoms with E-state index < -0.39 is 23.9 Å². The lowest BCUT2D eigenvalue weighted by atomic mass is 9.68. The number of nitrogens with zero attached hydrogens (tertiary/aromatic N) is 2. The van der Waals surface area contributed by atoms with Gasteiger partial charge in [-0.1, -0.05) is 18.6 Å². The van der Waals surface area contributed by atoms with Crippen molar-refractivity contribution in [1.82, 2.24) is 9.88 Å². The molecular formula is C30H35IN2O6. The van der Waals surface area contributed by atoms with E-state index in [-0.39, 0.29) is 24.2 Å². The van der Waals surface area contributed by atoms with Crippen molar-refractivity contribution < 1.29 is 29.6 Å². The summed E-state index contributed by atoms with van der Waals surface area (Å²) in [6.45, 7) is 3.88. The fourth-order valence-electron chi connectivity index (χ4n) is 5.93. The number of benzene rings is 1. The predicted molar refractivity (Wildman–Crippen MR) is 157 cm³/mol. The number of carbonyl (C=O) groups excluding carboxylic acids is 2. The van der Waals surface area contributed by atoms with Gasteiger partial charge in [-0.25, -0.2) is 0 Å². The first kappa shape index (κ1) is 29.2. The van der Waals surface area contributed by atoms with Gasteiger partial charge >= 0.3 is 0 Å². The molecule has 1 aliphatic heterocycles. The number of hydrogen-bond acceptors (Lipinski definition) is 7. The number of rotatable bonds is 10. The van der Waals surface area contributed by atoms with Gasteiger partial charge in [0.15, 0.2) is 11.5 Å². The number of imide groups is 1. The second kappa shape index (κ2) is 12.6. The Morgan fingerprint density at radius 3 is 2.69 bits per heavy atom. The lowest BCUT2D eigenvalue weighted by Crippen LogP contribution is -2.38. The molecule has 1 saturated heterocycles. The average Bonchev–Trinajstić information content (AvgIpc) is 3.16. The van der Waals surface area contributed by atoms with Crippen LogP contribution in [-0.2, 0) is 9.59 Å². The van der Waals surface area contributed by atoms with Crippen molar-refractivity contribution in [2.24, 2.45) is 17.8 Å². The molecule has 0 spiro atoms. The zero-order valence-corrected chi connectivity index (χ0v) is 24.6. The second-order valence-electron chi connectivity index (χ2n) is 10.2. The first-order valence-corrected chi connectivity index (χ1v) is 14.3. The van der Waals surface area contributed by atoms with Crippen LogP contribution >= 0.6 is 22.6 Å². The van der Waals surface area contributed by atoms with Crippen molar-refractivity contribution >= 4 is 46.1 Å². The fourth-order valence-corrected chi connectivity index (χ4v) is 6.56. The number of hydrogen-bond donors (Lipinski definition) is 3. The minimum Gasteiger partial charge on any atom is -0.504 e. The number of allylic oxidation sites excluding steroid dienone is 2. The number of halogens is 1. The molecule has 2 heterocycles. The van der Waals surface area contributed by atoms with E-state index in [4.69, 9.17) is 4.74 Å². The number of amides is 2. The van der Waals surface area contributed by atoms with E-state index >= 15 is 0 Å². The number of phenols is 1. The molecule has 9 heteroatoms. The molecule has 1 aliphatic carbocycles. The average molecular weight is 647 g/mol. The summed E-state index contributed by atoms with van der Waals surface area (Å²) in [7, 11) is 1.50. The van der Waals surface area contributed by atoms with E-state index in [1.54, 1.807) is 12.3 Å². The molecule has 1 aromatic heterocycles. The molecule has 2 aliphatic rings. The molecule has 2 aromatic rings. The van der Waals surface area contributed by atoms with Gasteiger partial charge in [-0.2, -0.15) is 0 Å². The largest absolute Gasteiger partial charge is 0.504 e. The van der Waals surface area contributed by atoms with E-state index in [2.05, 4.69) is 27.6 Å². The Labute approximate surface area is 242 Å². The Morgan fingerprint density at radius 1 is 1.28 bits per heavy atom. The molecule has 39 heavy (non-hydrogen) atoms. The van der Waals surface area contributed by atoms with Crippen LogP contribution in [0.15, 0.2) is 47.7 Å². The highest BCUT2D eigenvalue weighted by atomic mass is 127. The number of aliphatic hydroxyl groups excluding tert-OH is 2. The Morgan fingerprint density at radius 2 is 2.05 bits per heavy atom. The molecule has 1 aromatic carbocycles. The molecule has 0 bridgehead atoms. The molecule has 208 valence electrons. The van der Waals surface area contributed by atoms with Crippen molar-refractivity contribution in [2.45, 2.75) is 45.6 Å². The standard InChI is InChI=1S/C30H35IN2O6/c1-4-11-33-29(37)20-12-17(2)26(21(16-34)27(20)30(33)38)24(35)9-8-19(23-7-5-6-10-32-23)13-18-14-22(31)28(36)25(15-18)39-3/h5-7,10,13-15,20-21,24,27,34-36H,4,8-9,11-12,16H2,1-3H3/b19-13-/t20-,21+,24-,27-/m1/s1. The molecule has 2 amide bonds. The monoisotopic (exact) mass is 646 g/mol. The van der Waals surface area contributed by atoms with E-state index in [1.165, 1.54) is 12.0 Å². The summed E-state index contributed by atoms with van der Waals surface area (Å²) in [5.41, 5.74) is 3.99. The summed E-state index contributed by atoms with van der Waals surface area (Å²) < 4.78 is 5.96. The first-order valence-electron chi connectivity index (χ1n) is 13.2. The summed E-state index contributed by atoms with van der Waals surface area (Å²) >= 11 is 2.05. The number of ether oxygens (including phenoxy) is 1. The highest BCUT2D eigenvalue weighted by molar-refractivity contribution is 14.1. The van der Waals surface area contributed by atoms with Crippen LogP contribution in [-0.4, -0.2) is 63.4 Å². The summed E-state index contributed by atoms with van der Waals surface area (Å²) in [4.78, 5) is 32.0. The maximum atomic E-state index is 13.2. The number of aliphatic hydroxyl groups is 2. The van der Waals surface area contributed by atoms with E-state index in [0.29, 0.717) is 47.1 Å². The number of pyridine rings is 1. The van der Waals surface area contributed by atoms with Crippen LogP contribution in [0.4, 0.5) is 0 Å². The summed E-state index contributed by atoms with van der Waals surface area (Å²) in [6, 6.07) is 9.23. The smallest absolute Gasteiger partial charge is 0.233 e. The lowest BCUT2D eigenvalue weighted by molar-refractivity contribution is -0.140. The summed E-state index contributed by atoms with van der Waals surface area (Å²) in [5, 5.41) is 32.0. The zero-order valence-electron chi connectivity index (χ0n) is 22.4. The number of methoxy groups -OCH3 is 1. The minimum absolute atomic E-state index is 0.0792. The van der Waals surface area contributed by atoms with E-state index in [1.807, 2.05) is 44.2 Å². The molecule has 4 atom stereocenters. The SMILES string of the molecule is CCCN1C(=O)[C@@H]2[C@@H](CC(C)=C([C@H](O)CC/C(=C/c3cc(I)c(O)c(OC)c3)c3ccccn3)[C@@H]2CO)C1=O. The van der Waals surface area contributed by atoms with E-state index in [9.17, 15) is 24.9 Å². The minimum atomic E-state index is -0.896. The maximum Gasteiger partial charge on any atom is 0.233 e. The van der Waals surface area contributed by atoms with Gasteiger partial charge in [-0.05, 0) is 102 Å². The van der Waals surface area contributed by atoms with Crippen LogP contribution in [0.1, 0.15) is 50.8 Å². The molecule has 0 unspecified atom stereocenters. The first-order chi connectivity index (χ1) is 18.7. The summed E-state index contributed by atoms with van der Waals surface area (Å²) in [6.07, 6.45) is 4.67. The number of aromatic nitrogens is 1. The van der Waals surface area contributed by atoms with Crippen LogP contribution in [0.3, 0.4) is 0 Å². The number of fused-ring (bicyclic) bond motifs is 1. The third-order valence-corrected chi connectivity index (χ3v) is 8.54. The quantitative estimate of drug-likeness (QED) is 0.199. The van der Waals surface area contributed by atoms with Gasteiger partial charge in [0, 0.05) is 18.7 Å². The topological polar surface area (TPSA) is 120 Å². The third kappa shape index (κ3) is 5.90. The molecule has 3 N–H and O–H groups in total.